The van der Waals surface area contributed by atoms with Crippen molar-refractivity contribution in [2.45, 2.75) is 25.6 Å². The van der Waals surface area contributed by atoms with E-state index < -0.39 is 28.8 Å². The van der Waals surface area contributed by atoms with Gasteiger partial charge in [-0.25, -0.2) is 0 Å². The predicted molar refractivity (Wildman–Crippen MR) is 69.2 cm³/mol. The average molecular weight is 311 g/mol. The molecule has 4 nitrogen and oxygen atoms in total. The Morgan fingerprint density at radius 3 is 2.55 bits per heavy atom. The Labute approximate surface area is 118 Å². The van der Waals surface area contributed by atoms with Crippen LogP contribution in [0.4, 0.5) is 18.9 Å². The molecule has 0 spiro atoms. The molecule has 112 valence electrons. The first-order valence-electron chi connectivity index (χ1n) is 5.74. The van der Waals surface area contributed by atoms with Gasteiger partial charge < -0.3 is 16.2 Å². The number of hydrogen-bond acceptors (Lipinski definition) is 4. The van der Waals surface area contributed by atoms with Crippen molar-refractivity contribution in [3.05, 3.63) is 28.3 Å². The van der Waals surface area contributed by atoms with Crippen molar-refractivity contribution in [2.24, 2.45) is 5.73 Å². The molecule has 8 heteroatoms. The SMILES string of the molecule is CCOC(=O)[C@@H](N)Cc1ccc(N)c(Cl)c1C(F)(F)F. The molecule has 0 saturated heterocycles. The van der Waals surface area contributed by atoms with Crippen LogP contribution in [0, 0.1) is 0 Å². The van der Waals surface area contributed by atoms with Gasteiger partial charge in [0.15, 0.2) is 0 Å². The maximum Gasteiger partial charge on any atom is 0.418 e. The van der Waals surface area contributed by atoms with E-state index in [-0.39, 0.29) is 24.3 Å². The summed E-state index contributed by atoms with van der Waals surface area (Å²) in [5.74, 6) is -0.770. The number of hydrogen-bond donors (Lipinski definition) is 2. The largest absolute Gasteiger partial charge is 0.465 e. The van der Waals surface area contributed by atoms with Crippen LogP contribution in [0.25, 0.3) is 0 Å². The molecular weight excluding hydrogens is 297 g/mol. The lowest BCUT2D eigenvalue weighted by Gasteiger charge is -2.18. The van der Waals surface area contributed by atoms with Crippen molar-refractivity contribution >= 4 is 23.3 Å². The van der Waals surface area contributed by atoms with E-state index in [2.05, 4.69) is 4.74 Å². The lowest BCUT2D eigenvalue weighted by molar-refractivity contribution is -0.145. The molecule has 4 N–H and O–H groups in total. The Bertz CT molecular complexity index is 506. The Morgan fingerprint density at radius 1 is 1.45 bits per heavy atom. The molecule has 0 aliphatic rings. The van der Waals surface area contributed by atoms with Crippen LogP contribution in [-0.2, 0) is 22.1 Å². The first-order valence-corrected chi connectivity index (χ1v) is 6.12. The molecule has 1 aromatic carbocycles. The van der Waals surface area contributed by atoms with Crippen molar-refractivity contribution in [1.29, 1.82) is 0 Å². The lowest BCUT2D eigenvalue weighted by Crippen LogP contribution is -2.35. The summed E-state index contributed by atoms with van der Waals surface area (Å²) >= 11 is 5.61. The lowest BCUT2D eigenvalue weighted by atomic mass is 9.99. The number of nitrogen functional groups attached to an aromatic ring is 1. The number of carbonyl (C=O) groups excluding carboxylic acids is 1. The third-order valence-corrected chi connectivity index (χ3v) is 2.98. The Morgan fingerprint density at radius 2 is 2.05 bits per heavy atom. The number of rotatable bonds is 4. The number of ether oxygens (including phenoxy) is 1. The minimum atomic E-state index is -4.68. The van der Waals surface area contributed by atoms with Crippen LogP contribution < -0.4 is 11.5 Å². The van der Waals surface area contributed by atoms with Crippen molar-refractivity contribution < 1.29 is 22.7 Å². The molecule has 0 unspecified atom stereocenters. The zero-order valence-electron chi connectivity index (χ0n) is 10.6. The van der Waals surface area contributed by atoms with Gasteiger partial charge in [0.05, 0.1) is 22.9 Å². The fraction of sp³-hybridized carbons (Fsp3) is 0.417. The highest BCUT2D eigenvalue weighted by molar-refractivity contribution is 6.34. The topological polar surface area (TPSA) is 78.3 Å². The monoisotopic (exact) mass is 310 g/mol. The summed E-state index contributed by atoms with van der Waals surface area (Å²) in [5.41, 5.74) is 9.43. The van der Waals surface area contributed by atoms with Gasteiger partial charge in [-0.15, -0.1) is 0 Å². The second kappa shape index (κ2) is 6.32. The molecule has 0 amide bonds. The summed E-state index contributed by atoms with van der Waals surface area (Å²) in [6.45, 7) is 1.67. The van der Waals surface area contributed by atoms with E-state index in [1.165, 1.54) is 6.07 Å². The second-order valence-corrected chi connectivity index (χ2v) is 4.44. The van der Waals surface area contributed by atoms with Crippen molar-refractivity contribution in [1.82, 2.24) is 0 Å². The van der Waals surface area contributed by atoms with E-state index in [0.717, 1.165) is 6.07 Å². The highest BCUT2D eigenvalue weighted by atomic mass is 35.5. The highest BCUT2D eigenvalue weighted by Gasteiger charge is 2.37. The number of alkyl halides is 3. The average Bonchev–Trinajstić information content (AvgIpc) is 2.32. The van der Waals surface area contributed by atoms with Gasteiger partial charge in [-0.05, 0) is 25.0 Å². The molecular formula is C12H14ClF3N2O2. The molecule has 0 radical (unpaired) electrons. The van der Waals surface area contributed by atoms with E-state index in [1.54, 1.807) is 6.92 Å². The minimum Gasteiger partial charge on any atom is -0.465 e. The highest BCUT2D eigenvalue weighted by Crippen LogP contribution is 2.40. The third-order valence-electron chi connectivity index (χ3n) is 2.57. The Hall–Kier alpha value is -1.47. The Kier molecular flexibility index (Phi) is 5.24. The molecule has 0 fully saturated rings. The van der Waals surface area contributed by atoms with Crippen molar-refractivity contribution in [3.8, 4) is 0 Å². The summed E-state index contributed by atoms with van der Waals surface area (Å²) in [5, 5.41) is -0.592. The van der Waals surface area contributed by atoms with Gasteiger partial charge in [0.2, 0.25) is 0 Å². The first kappa shape index (κ1) is 16.6. The zero-order valence-corrected chi connectivity index (χ0v) is 11.4. The fourth-order valence-electron chi connectivity index (χ4n) is 1.68. The quantitative estimate of drug-likeness (QED) is 0.661. The van der Waals surface area contributed by atoms with Crippen LogP contribution in [0.5, 0.6) is 0 Å². The van der Waals surface area contributed by atoms with Crippen LogP contribution in [0.1, 0.15) is 18.1 Å². The van der Waals surface area contributed by atoms with Gasteiger partial charge in [0.25, 0.3) is 0 Å². The van der Waals surface area contributed by atoms with Gasteiger partial charge in [0, 0.05) is 0 Å². The predicted octanol–water partition coefficient (Wildman–Crippen LogP) is 2.37. The van der Waals surface area contributed by atoms with E-state index in [1.807, 2.05) is 0 Å². The Balaban J connectivity index is 3.13. The van der Waals surface area contributed by atoms with E-state index in [4.69, 9.17) is 23.1 Å². The van der Waals surface area contributed by atoms with Gasteiger partial charge in [0.1, 0.15) is 6.04 Å². The molecule has 0 saturated carbocycles. The summed E-state index contributed by atoms with van der Waals surface area (Å²) in [6, 6.07) is 1.20. The van der Waals surface area contributed by atoms with Crippen LogP contribution in [0.2, 0.25) is 5.02 Å². The van der Waals surface area contributed by atoms with Crippen molar-refractivity contribution in [2.75, 3.05) is 12.3 Å². The normalized spacial score (nSPS) is 13.1. The van der Waals surface area contributed by atoms with Gasteiger partial charge in [-0.3, -0.25) is 4.79 Å². The number of halogens is 4. The van der Waals surface area contributed by atoms with Gasteiger partial charge in [-0.2, -0.15) is 13.2 Å². The standard InChI is InChI=1S/C12H14ClF3N2O2/c1-2-20-11(19)8(18)5-6-3-4-7(17)10(13)9(6)12(14,15)16/h3-4,8H,2,5,17-18H2,1H3/t8-/m0/s1. The molecule has 0 aliphatic heterocycles. The second-order valence-electron chi connectivity index (χ2n) is 4.06. The van der Waals surface area contributed by atoms with Crippen LogP contribution >= 0.6 is 11.6 Å². The molecule has 20 heavy (non-hydrogen) atoms. The molecule has 1 rings (SSSR count). The fourth-order valence-corrected chi connectivity index (χ4v) is 1.97. The summed E-state index contributed by atoms with van der Waals surface area (Å²) in [6.07, 6.45) is -5.02. The number of carbonyl (C=O) groups is 1. The van der Waals surface area contributed by atoms with E-state index in [9.17, 15) is 18.0 Å². The van der Waals surface area contributed by atoms with E-state index >= 15 is 0 Å². The van der Waals surface area contributed by atoms with Crippen LogP contribution in [0.15, 0.2) is 12.1 Å². The molecule has 0 heterocycles. The number of nitrogens with two attached hydrogens (primary N) is 2. The smallest absolute Gasteiger partial charge is 0.418 e. The first-order chi connectivity index (χ1) is 9.18. The maximum atomic E-state index is 13.0. The molecule has 0 aromatic heterocycles. The van der Waals surface area contributed by atoms with Crippen LogP contribution in [0.3, 0.4) is 0 Å². The van der Waals surface area contributed by atoms with E-state index in [0.29, 0.717) is 0 Å². The molecule has 1 atom stereocenters. The number of esters is 1. The van der Waals surface area contributed by atoms with Gasteiger partial charge >= 0.3 is 12.1 Å². The zero-order chi connectivity index (χ0) is 15.5. The summed E-state index contributed by atoms with van der Waals surface area (Å²) < 4.78 is 43.6. The maximum absolute atomic E-state index is 13.0. The number of benzene rings is 1. The van der Waals surface area contributed by atoms with Crippen molar-refractivity contribution in [3.63, 3.8) is 0 Å². The molecule has 0 aliphatic carbocycles. The van der Waals surface area contributed by atoms with Gasteiger partial charge in [-0.1, -0.05) is 17.7 Å². The minimum absolute atomic E-state index is 0.0984. The van der Waals surface area contributed by atoms with Crippen LogP contribution in [-0.4, -0.2) is 18.6 Å². The molecule has 1 aromatic rings. The molecule has 0 bridgehead atoms. The third kappa shape index (κ3) is 3.77. The summed E-state index contributed by atoms with van der Waals surface area (Å²) in [4.78, 5) is 11.4. The summed E-state index contributed by atoms with van der Waals surface area (Å²) in [7, 11) is 0. The number of anilines is 1.